The monoisotopic (exact) mass is 315 g/mol. The minimum atomic E-state index is 0.0576. The summed E-state index contributed by atoms with van der Waals surface area (Å²) >= 11 is 0. The van der Waals surface area contributed by atoms with Gasteiger partial charge < -0.3 is 14.1 Å². The van der Waals surface area contributed by atoms with Crippen molar-refractivity contribution < 1.29 is 13.9 Å². The third-order valence-electron chi connectivity index (χ3n) is 3.69. The lowest BCUT2D eigenvalue weighted by Gasteiger charge is -2.24. The van der Waals surface area contributed by atoms with E-state index in [1.54, 1.807) is 12.1 Å². The van der Waals surface area contributed by atoms with Crippen LogP contribution in [0.15, 0.2) is 35.1 Å². The molecule has 1 fully saturated rings. The van der Waals surface area contributed by atoms with Crippen molar-refractivity contribution in [3.05, 3.63) is 30.7 Å². The van der Waals surface area contributed by atoms with Crippen LogP contribution in [0.1, 0.15) is 26.7 Å². The molecule has 2 aromatic rings. The average Bonchev–Trinajstić information content (AvgIpc) is 3.24. The van der Waals surface area contributed by atoms with Crippen molar-refractivity contribution >= 4 is 5.91 Å². The number of aromatic nitrogens is 2. The quantitative estimate of drug-likeness (QED) is 0.786. The van der Waals surface area contributed by atoms with E-state index in [2.05, 4.69) is 24.0 Å². The molecule has 1 aliphatic carbocycles. The van der Waals surface area contributed by atoms with E-state index in [-0.39, 0.29) is 12.5 Å². The van der Waals surface area contributed by atoms with Crippen molar-refractivity contribution in [1.82, 2.24) is 15.1 Å². The molecular formula is C17H21N3O3. The molecule has 6 nitrogen and oxygen atoms in total. The summed E-state index contributed by atoms with van der Waals surface area (Å²) in [5.41, 5.74) is 0.820. The predicted molar refractivity (Wildman–Crippen MR) is 84.8 cm³/mol. The number of ether oxygens (including phenoxy) is 1. The Morgan fingerprint density at radius 3 is 2.65 bits per heavy atom. The molecule has 0 unspecified atom stereocenters. The molecule has 0 saturated heterocycles. The van der Waals surface area contributed by atoms with E-state index in [0.717, 1.165) is 24.9 Å². The van der Waals surface area contributed by atoms with Gasteiger partial charge in [0.2, 0.25) is 12.3 Å². The van der Waals surface area contributed by atoms with Crippen LogP contribution in [0.25, 0.3) is 11.5 Å². The standard InChI is InChI=1S/C17H21N3O3/c1-12(2)9-20(14-5-6-14)16(21)10-22-15-7-3-13(4-8-15)17-19-18-11-23-17/h3-4,7-8,11-12,14H,5-6,9-10H2,1-2H3. The topological polar surface area (TPSA) is 68.5 Å². The van der Waals surface area contributed by atoms with Gasteiger partial charge in [-0.1, -0.05) is 13.8 Å². The van der Waals surface area contributed by atoms with E-state index in [1.165, 1.54) is 6.39 Å². The molecule has 1 aromatic heterocycles. The van der Waals surface area contributed by atoms with Crippen LogP contribution in [0.5, 0.6) is 5.75 Å². The normalized spacial score (nSPS) is 14.0. The molecule has 122 valence electrons. The van der Waals surface area contributed by atoms with Crippen LogP contribution in [0.3, 0.4) is 0 Å². The maximum absolute atomic E-state index is 12.4. The van der Waals surface area contributed by atoms with E-state index in [4.69, 9.17) is 9.15 Å². The second-order valence-electron chi connectivity index (χ2n) is 6.23. The highest BCUT2D eigenvalue weighted by atomic mass is 16.5. The lowest BCUT2D eigenvalue weighted by Crippen LogP contribution is -2.39. The van der Waals surface area contributed by atoms with Gasteiger partial charge in [0.15, 0.2) is 6.61 Å². The Balaban J connectivity index is 1.56. The number of rotatable bonds is 7. The van der Waals surface area contributed by atoms with Crippen LogP contribution in [0.4, 0.5) is 0 Å². The van der Waals surface area contributed by atoms with Crippen LogP contribution in [0, 0.1) is 5.92 Å². The van der Waals surface area contributed by atoms with Crippen LogP contribution >= 0.6 is 0 Å². The Morgan fingerprint density at radius 2 is 2.09 bits per heavy atom. The highest BCUT2D eigenvalue weighted by Gasteiger charge is 2.32. The zero-order chi connectivity index (χ0) is 16.2. The fourth-order valence-corrected chi connectivity index (χ4v) is 2.45. The first kappa shape index (κ1) is 15.5. The lowest BCUT2D eigenvalue weighted by atomic mass is 10.2. The minimum Gasteiger partial charge on any atom is -0.484 e. The van der Waals surface area contributed by atoms with Crippen LogP contribution in [-0.4, -0.2) is 40.2 Å². The molecule has 23 heavy (non-hydrogen) atoms. The van der Waals surface area contributed by atoms with Crippen molar-refractivity contribution in [1.29, 1.82) is 0 Å². The Morgan fingerprint density at radius 1 is 1.35 bits per heavy atom. The van der Waals surface area contributed by atoms with E-state index in [1.807, 2.05) is 17.0 Å². The summed E-state index contributed by atoms with van der Waals surface area (Å²) in [6.45, 7) is 5.12. The maximum Gasteiger partial charge on any atom is 0.260 e. The number of benzene rings is 1. The van der Waals surface area contributed by atoms with Gasteiger partial charge in [-0.3, -0.25) is 4.79 Å². The summed E-state index contributed by atoms with van der Waals surface area (Å²) in [7, 11) is 0. The van der Waals surface area contributed by atoms with E-state index < -0.39 is 0 Å². The molecule has 1 saturated carbocycles. The van der Waals surface area contributed by atoms with Gasteiger partial charge in [-0.15, -0.1) is 10.2 Å². The number of hydrogen-bond donors (Lipinski definition) is 0. The maximum atomic E-state index is 12.4. The van der Waals surface area contributed by atoms with Crippen molar-refractivity contribution in [2.75, 3.05) is 13.2 Å². The molecule has 0 bridgehead atoms. The molecular weight excluding hydrogens is 294 g/mol. The van der Waals surface area contributed by atoms with Gasteiger partial charge >= 0.3 is 0 Å². The highest BCUT2D eigenvalue weighted by molar-refractivity contribution is 5.78. The SMILES string of the molecule is CC(C)CN(C(=O)COc1ccc(-c2nnco2)cc1)C1CC1. The molecule has 0 N–H and O–H groups in total. The molecule has 0 atom stereocenters. The Labute approximate surface area is 135 Å². The van der Waals surface area contributed by atoms with E-state index in [9.17, 15) is 4.79 Å². The molecule has 6 heteroatoms. The molecule has 1 amide bonds. The van der Waals surface area contributed by atoms with E-state index in [0.29, 0.717) is 23.6 Å². The molecule has 1 heterocycles. The number of hydrogen-bond acceptors (Lipinski definition) is 5. The second kappa shape index (κ2) is 6.81. The largest absolute Gasteiger partial charge is 0.484 e. The van der Waals surface area contributed by atoms with Gasteiger partial charge in [0, 0.05) is 18.2 Å². The third-order valence-corrected chi connectivity index (χ3v) is 3.69. The van der Waals surface area contributed by atoms with Gasteiger partial charge in [-0.05, 0) is 43.0 Å². The van der Waals surface area contributed by atoms with Crippen molar-refractivity contribution in [2.24, 2.45) is 5.92 Å². The number of amides is 1. The Hall–Kier alpha value is -2.37. The molecule has 3 rings (SSSR count). The second-order valence-corrected chi connectivity index (χ2v) is 6.23. The van der Waals surface area contributed by atoms with Gasteiger partial charge in [-0.25, -0.2) is 0 Å². The van der Waals surface area contributed by atoms with Crippen molar-refractivity contribution in [3.8, 4) is 17.2 Å². The molecule has 0 spiro atoms. The molecule has 1 aliphatic rings. The van der Waals surface area contributed by atoms with Crippen LogP contribution < -0.4 is 4.74 Å². The highest BCUT2D eigenvalue weighted by Crippen LogP contribution is 2.28. The van der Waals surface area contributed by atoms with Gasteiger partial charge in [-0.2, -0.15) is 0 Å². The third kappa shape index (κ3) is 4.09. The summed E-state index contributed by atoms with van der Waals surface area (Å²) in [4.78, 5) is 14.3. The smallest absolute Gasteiger partial charge is 0.260 e. The number of nitrogens with zero attached hydrogens (tertiary/aromatic N) is 3. The molecule has 1 aromatic carbocycles. The van der Waals surface area contributed by atoms with Crippen LogP contribution in [-0.2, 0) is 4.79 Å². The predicted octanol–water partition coefficient (Wildman–Crippen LogP) is 2.76. The summed E-state index contributed by atoms with van der Waals surface area (Å²) in [5.74, 6) is 1.64. The fourth-order valence-electron chi connectivity index (χ4n) is 2.45. The first-order valence-corrected chi connectivity index (χ1v) is 7.92. The molecule has 0 aliphatic heterocycles. The van der Waals surface area contributed by atoms with Crippen molar-refractivity contribution in [2.45, 2.75) is 32.7 Å². The van der Waals surface area contributed by atoms with Gasteiger partial charge in [0.25, 0.3) is 5.91 Å². The molecule has 0 radical (unpaired) electrons. The van der Waals surface area contributed by atoms with Crippen LogP contribution in [0.2, 0.25) is 0 Å². The first-order valence-electron chi connectivity index (χ1n) is 7.92. The van der Waals surface area contributed by atoms with Crippen molar-refractivity contribution in [3.63, 3.8) is 0 Å². The Bertz CT molecular complexity index is 634. The summed E-state index contributed by atoms with van der Waals surface area (Å²) in [5, 5.41) is 7.50. The first-order chi connectivity index (χ1) is 11.1. The Kier molecular flexibility index (Phi) is 4.60. The zero-order valence-electron chi connectivity index (χ0n) is 13.4. The summed E-state index contributed by atoms with van der Waals surface area (Å²) < 4.78 is 10.8. The fraction of sp³-hybridized carbons (Fsp3) is 0.471. The summed E-state index contributed by atoms with van der Waals surface area (Å²) in [6, 6.07) is 7.68. The number of carbonyl (C=O) groups excluding carboxylic acids is 1. The lowest BCUT2D eigenvalue weighted by molar-refractivity contribution is -0.134. The zero-order valence-corrected chi connectivity index (χ0v) is 13.4. The van der Waals surface area contributed by atoms with Gasteiger partial charge in [0.1, 0.15) is 5.75 Å². The van der Waals surface area contributed by atoms with Gasteiger partial charge in [0.05, 0.1) is 0 Å². The summed E-state index contributed by atoms with van der Waals surface area (Å²) in [6.07, 6.45) is 3.51. The van der Waals surface area contributed by atoms with E-state index >= 15 is 0 Å². The number of carbonyl (C=O) groups is 1. The minimum absolute atomic E-state index is 0.0576. The average molecular weight is 315 g/mol.